The largest absolute Gasteiger partial charge is 0.493 e. The van der Waals surface area contributed by atoms with E-state index in [1.165, 1.54) is 25.9 Å². The fraction of sp³-hybridized carbons (Fsp3) is 0.522. The zero-order valence-corrected chi connectivity index (χ0v) is 18.2. The number of hydrogen-bond donors (Lipinski definition) is 1. The molecule has 1 fully saturated rings. The quantitative estimate of drug-likeness (QED) is 0.561. The van der Waals surface area contributed by atoms with Gasteiger partial charge >= 0.3 is 0 Å². The summed E-state index contributed by atoms with van der Waals surface area (Å²) in [6.45, 7) is 7.68. The first-order chi connectivity index (χ1) is 14.5. The Labute approximate surface area is 178 Å². The minimum atomic E-state index is 0.157. The maximum atomic E-state index is 11.3. The van der Waals surface area contributed by atoms with Gasteiger partial charge in [0.05, 0.1) is 13.7 Å². The van der Waals surface area contributed by atoms with Gasteiger partial charge in [-0.3, -0.25) is 0 Å². The van der Waals surface area contributed by atoms with Crippen molar-refractivity contribution in [2.24, 2.45) is 0 Å². The number of benzene rings is 1. The normalized spacial score (nSPS) is 14.0. The molecule has 1 aromatic carbocycles. The molecule has 7 nitrogen and oxygen atoms in total. The van der Waals surface area contributed by atoms with Gasteiger partial charge in [-0.1, -0.05) is 0 Å². The molecule has 0 radical (unpaired) electrons. The van der Waals surface area contributed by atoms with Crippen molar-refractivity contribution in [2.75, 3.05) is 38.7 Å². The van der Waals surface area contributed by atoms with E-state index in [1.54, 1.807) is 20.2 Å². The smallest absolute Gasteiger partial charge is 0.227 e. The lowest BCUT2D eigenvalue weighted by Crippen LogP contribution is -2.21. The molecule has 1 aromatic heterocycles. The van der Waals surface area contributed by atoms with Crippen LogP contribution >= 0.6 is 0 Å². The number of carbonyl (C=O) groups is 1. The average Bonchev–Trinajstić information content (AvgIpc) is 3.25. The molecule has 2 aromatic rings. The van der Waals surface area contributed by atoms with E-state index in [0.717, 1.165) is 29.9 Å². The van der Waals surface area contributed by atoms with Crippen LogP contribution in [0.25, 0.3) is 0 Å². The van der Waals surface area contributed by atoms with Crippen LogP contribution in [0.2, 0.25) is 0 Å². The number of aryl methyl sites for hydroxylation is 2. The van der Waals surface area contributed by atoms with Gasteiger partial charge in [-0.05, 0) is 70.3 Å². The molecule has 0 spiro atoms. The van der Waals surface area contributed by atoms with Crippen LogP contribution in [0, 0.1) is 6.92 Å². The van der Waals surface area contributed by atoms with Crippen LogP contribution < -0.4 is 14.8 Å². The lowest BCUT2D eigenvalue weighted by Gasteiger charge is -2.16. The van der Waals surface area contributed by atoms with Gasteiger partial charge in [-0.2, -0.15) is 0 Å². The van der Waals surface area contributed by atoms with Crippen molar-refractivity contribution >= 4 is 17.4 Å². The van der Waals surface area contributed by atoms with Crippen molar-refractivity contribution in [3.8, 4) is 11.5 Å². The Kier molecular flexibility index (Phi) is 8.02. The van der Waals surface area contributed by atoms with Crippen LogP contribution in [-0.4, -0.2) is 54.0 Å². The molecular weight excluding hydrogens is 380 g/mol. The molecule has 0 saturated carbocycles. The van der Waals surface area contributed by atoms with Crippen molar-refractivity contribution in [3.05, 3.63) is 35.7 Å². The Bertz CT molecular complexity index is 850. The zero-order chi connectivity index (χ0) is 21.3. The number of ether oxygens (including phenoxy) is 2. The lowest BCUT2D eigenvalue weighted by molar-refractivity contribution is -0.117. The maximum absolute atomic E-state index is 11.3. The van der Waals surface area contributed by atoms with Crippen molar-refractivity contribution in [1.82, 2.24) is 14.9 Å². The van der Waals surface area contributed by atoms with E-state index in [-0.39, 0.29) is 5.78 Å². The third kappa shape index (κ3) is 6.42. The van der Waals surface area contributed by atoms with Gasteiger partial charge in [0.15, 0.2) is 11.5 Å². The molecule has 0 unspecified atom stereocenters. The van der Waals surface area contributed by atoms with E-state index >= 15 is 0 Å². The predicted octanol–water partition coefficient (Wildman–Crippen LogP) is 3.92. The summed E-state index contributed by atoms with van der Waals surface area (Å²) < 4.78 is 11.4. The van der Waals surface area contributed by atoms with Crippen LogP contribution in [-0.2, 0) is 11.2 Å². The summed E-state index contributed by atoms with van der Waals surface area (Å²) in [5.74, 6) is 2.06. The Hall–Kier alpha value is -2.67. The molecule has 0 amide bonds. The number of anilines is 2. The van der Waals surface area contributed by atoms with E-state index in [9.17, 15) is 4.79 Å². The third-order valence-corrected chi connectivity index (χ3v) is 5.29. The summed E-state index contributed by atoms with van der Waals surface area (Å²) in [6, 6.07) is 5.70. The molecule has 0 aliphatic carbocycles. The molecule has 1 saturated heterocycles. The van der Waals surface area contributed by atoms with E-state index in [0.29, 0.717) is 36.9 Å². The number of Topliss-reactive ketones (excluding diaryl/α,β-unsaturated/α-hetero) is 1. The van der Waals surface area contributed by atoms with Crippen molar-refractivity contribution in [1.29, 1.82) is 0 Å². The minimum absolute atomic E-state index is 0.157. The van der Waals surface area contributed by atoms with Crippen LogP contribution in [0.4, 0.5) is 11.6 Å². The topological polar surface area (TPSA) is 76.6 Å². The number of methoxy groups -OCH3 is 1. The predicted molar refractivity (Wildman–Crippen MR) is 118 cm³/mol. The first kappa shape index (κ1) is 22.0. The number of rotatable bonds is 11. The van der Waals surface area contributed by atoms with E-state index < -0.39 is 0 Å². The molecular formula is C23H32N4O3. The van der Waals surface area contributed by atoms with E-state index in [4.69, 9.17) is 9.47 Å². The van der Waals surface area contributed by atoms with E-state index in [2.05, 4.69) is 20.2 Å². The number of aromatic nitrogens is 2. The molecule has 3 rings (SSSR count). The molecule has 1 aliphatic heterocycles. The Morgan fingerprint density at radius 3 is 2.77 bits per heavy atom. The van der Waals surface area contributed by atoms with Crippen LogP contribution in [0.5, 0.6) is 11.5 Å². The van der Waals surface area contributed by atoms with Crippen LogP contribution in [0.15, 0.2) is 24.4 Å². The Morgan fingerprint density at radius 2 is 2.03 bits per heavy atom. The molecule has 0 atom stereocenters. The summed E-state index contributed by atoms with van der Waals surface area (Å²) in [7, 11) is 1.64. The lowest BCUT2D eigenvalue weighted by atomic mass is 10.1. The van der Waals surface area contributed by atoms with Crippen LogP contribution in [0.1, 0.15) is 43.9 Å². The molecule has 0 bridgehead atoms. The second-order valence-corrected chi connectivity index (χ2v) is 7.77. The summed E-state index contributed by atoms with van der Waals surface area (Å²) in [5.41, 5.74) is 2.69. The van der Waals surface area contributed by atoms with E-state index in [1.807, 2.05) is 25.1 Å². The van der Waals surface area contributed by atoms with Gasteiger partial charge in [0, 0.05) is 36.6 Å². The highest BCUT2D eigenvalue weighted by Gasteiger charge is 2.12. The Balaban J connectivity index is 1.62. The average molecular weight is 413 g/mol. The van der Waals surface area contributed by atoms with Crippen LogP contribution in [0.3, 0.4) is 0 Å². The van der Waals surface area contributed by atoms with Gasteiger partial charge in [-0.25, -0.2) is 9.97 Å². The molecule has 30 heavy (non-hydrogen) atoms. The zero-order valence-electron chi connectivity index (χ0n) is 18.2. The number of carbonyl (C=O) groups excluding carboxylic acids is 1. The standard InChI is InChI=1S/C23H32N4O3/c1-17-16-24-23(26-20(17)9-7-18(2)28)25-19-8-10-21(29-3)22(15-19)30-14-6-13-27-11-4-5-12-27/h8,10,15-16H,4-7,9,11-14H2,1-3H3,(H,24,25,26). The summed E-state index contributed by atoms with van der Waals surface area (Å²) in [6.07, 6.45) is 6.48. The minimum Gasteiger partial charge on any atom is -0.493 e. The van der Waals surface area contributed by atoms with Gasteiger partial charge < -0.3 is 24.5 Å². The summed E-state index contributed by atoms with van der Waals surface area (Å²) in [4.78, 5) is 22.7. The monoisotopic (exact) mass is 412 g/mol. The number of nitrogens with one attached hydrogen (secondary N) is 1. The highest BCUT2D eigenvalue weighted by atomic mass is 16.5. The van der Waals surface area contributed by atoms with Gasteiger partial charge in [-0.15, -0.1) is 0 Å². The third-order valence-electron chi connectivity index (χ3n) is 5.29. The van der Waals surface area contributed by atoms with Crippen molar-refractivity contribution in [2.45, 2.75) is 46.0 Å². The summed E-state index contributed by atoms with van der Waals surface area (Å²) >= 11 is 0. The number of nitrogens with zero attached hydrogens (tertiary/aromatic N) is 3. The molecule has 1 N–H and O–H groups in total. The second-order valence-electron chi connectivity index (χ2n) is 7.77. The molecule has 7 heteroatoms. The summed E-state index contributed by atoms with van der Waals surface area (Å²) in [5, 5.41) is 3.24. The van der Waals surface area contributed by atoms with Gasteiger partial charge in [0.1, 0.15) is 5.78 Å². The van der Waals surface area contributed by atoms with Crippen molar-refractivity contribution < 1.29 is 14.3 Å². The molecule has 162 valence electrons. The number of hydrogen-bond acceptors (Lipinski definition) is 7. The number of ketones is 1. The second kappa shape index (κ2) is 10.9. The first-order valence-corrected chi connectivity index (χ1v) is 10.7. The van der Waals surface area contributed by atoms with Gasteiger partial charge in [0.25, 0.3) is 0 Å². The van der Waals surface area contributed by atoms with Gasteiger partial charge in [0.2, 0.25) is 5.95 Å². The molecule has 2 heterocycles. The Morgan fingerprint density at radius 1 is 1.23 bits per heavy atom. The number of likely N-dealkylation sites (tertiary alicyclic amines) is 1. The highest BCUT2D eigenvalue weighted by Crippen LogP contribution is 2.31. The molecule has 1 aliphatic rings. The fourth-order valence-corrected chi connectivity index (χ4v) is 3.56. The maximum Gasteiger partial charge on any atom is 0.227 e. The fourth-order valence-electron chi connectivity index (χ4n) is 3.56. The highest BCUT2D eigenvalue weighted by molar-refractivity contribution is 5.75. The first-order valence-electron chi connectivity index (χ1n) is 10.7. The SMILES string of the molecule is COc1ccc(Nc2ncc(C)c(CCC(C)=O)n2)cc1OCCCN1CCCC1. The van der Waals surface area contributed by atoms with Crippen molar-refractivity contribution in [3.63, 3.8) is 0 Å².